The fourth-order valence-electron chi connectivity index (χ4n) is 2.20. The lowest BCUT2D eigenvalue weighted by atomic mass is 10.0. The SMILES string of the molecule is OCc1c(-c2cc(F)ccc2F)noc1-c1cccc(Br)c1. The Bertz CT molecular complexity index is 833. The summed E-state index contributed by atoms with van der Waals surface area (Å²) < 4.78 is 33.3. The Kier molecular flexibility index (Phi) is 4.04. The predicted molar refractivity (Wildman–Crippen MR) is 80.9 cm³/mol. The summed E-state index contributed by atoms with van der Waals surface area (Å²) >= 11 is 3.34. The highest BCUT2D eigenvalue weighted by atomic mass is 79.9. The molecule has 0 amide bonds. The van der Waals surface area contributed by atoms with E-state index in [1.807, 2.05) is 6.07 Å². The van der Waals surface area contributed by atoms with Gasteiger partial charge in [-0.25, -0.2) is 8.78 Å². The zero-order chi connectivity index (χ0) is 15.7. The Morgan fingerprint density at radius 2 is 1.95 bits per heavy atom. The van der Waals surface area contributed by atoms with Crippen LogP contribution < -0.4 is 0 Å². The summed E-state index contributed by atoms with van der Waals surface area (Å²) in [4.78, 5) is 0. The number of aromatic nitrogens is 1. The van der Waals surface area contributed by atoms with Crippen LogP contribution in [0.25, 0.3) is 22.6 Å². The highest BCUT2D eigenvalue weighted by Crippen LogP contribution is 2.34. The van der Waals surface area contributed by atoms with Crippen LogP contribution in [-0.4, -0.2) is 10.3 Å². The van der Waals surface area contributed by atoms with Crippen molar-refractivity contribution in [1.29, 1.82) is 0 Å². The van der Waals surface area contributed by atoms with Crippen molar-refractivity contribution < 1.29 is 18.4 Å². The maximum absolute atomic E-state index is 13.9. The van der Waals surface area contributed by atoms with E-state index in [-0.39, 0.29) is 11.3 Å². The Morgan fingerprint density at radius 3 is 2.68 bits per heavy atom. The summed E-state index contributed by atoms with van der Waals surface area (Å²) in [6, 6.07) is 10.3. The molecule has 3 rings (SSSR count). The van der Waals surface area contributed by atoms with Gasteiger partial charge in [0.1, 0.15) is 17.3 Å². The first kappa shape index (κ1) is 14.9. The number of hydrogen-bond donors (Lipinski definition) is 1. The number of aliphatic hydroxyl groups excluding tert-OH is 1. The van der Waals surface area contributed by atoms with Gasteiger partial charge in [0.2, 0.25) is 0 Å². The van der Waals surface area contributed by atoms with Crippen molar-refractivity contribution in [2.24, 2.45) is 0 Å². The molecule has 0 aliphatic rings. The van der Waals surface area contributed by atoms with Gasteiger partial charge in [0, 0.05) is 15.6 Å². The number of benzene rings is 2. The minimum absolute atomic E-state index is 0.0472. The number of aliphatic hydroxyl groups is 1. The van der Waals surface area contributed by atoms with Crippen LogP contribution in [0.3, 0.4) is 0 Å². The van der Waals surface area contributed by atoms with Crippen LogP contribution in [0.5, 0.6) is 0 Å². The van der Waals surface area contributed by atoms with Crippen LogP contribution in [0.15, 0.2) is 51.5 Å². The molecule has 6 heteroatoms. The van der Waals surface area contributed by atoms with E-state index in [1.165, 1.54) is 0 Å². The topological polar surface area (TPSA) is 46.3 Å². The molecule has 1 heterocycles. The Hall–Kier alpha value is -2.05. The molecule has 0 radical (unpaired) electrons. The molecule has 0 saturated carbocycles. The zero-order valence-electron chi connectivity index (χ0n) is 11.2. The molecule has 2 aromatic carbocycles. The quantitative estimate of drug-likeness (QED) is 0.740. The lowest BCUT2D eigenvalue weighted by Crippen LogP contribution is -1.92. The second-order valence-corrected chi connectivity index (χ2v) is 5.55. The van der Waals surface area contributed by atoms with Crippen molar-refractivity contribution in [3.05, 3.63) is 64.1 Å². The maximum atomic E-state index is 13.9. The van der Waals surface area contributed by atoms with Crippen LogP contribution in [0.4, 0.5) is 8.78 Å². The fraction of sp³-hybridized carbons (Fsp3) is 0.0625. The van der Waals surface area contributed by atoms with E-state index >= 15 is 0 Å². The highest BCUT2D eigenvalue weighted by molar-refractivity contribution is 9.10. The van der Waals surface area contributed by atoms with Crippen LogP contribution in [0, 0.1) is 11.6 Å². The molecular weight excluding hydrogens is 356 g/mol. The van der Waals surface area contributed by atoms with E-state index < -0.39 is 18.2 Å². The maximum Gasteiger partial charge on any atom is 0.173 e. The number of halogens is 3. The largest absolute Gasteiger partial charge is 0.391 e. The third-order valence-corrected chi connectivity index (χ3v) is 3.71. The second-order valence-electron chi connectivity index (χ2n) is 4.63. The lowest BCUT2D eigenvalue weighted by molar-refractivity contribution is 0.281. The van der Waals surface area contributed by atoms with Crippen molar-refractivity contribution in [1.82, 2.24) is 5.16 Å². The smallest absolute Gasteiger partial charge is 0.173 e. The first-order valence-electron chi connectivity index (χ1n) is 6.41. The molecule has 0 aliphatic heterocycles. The number of hydrogen-bond acceptors (Lipinski definition) is 3. The van der Waals surface area contributed by atoms with Gasteiger partial charge in [-0.2, -0.15) is 0 Å². The van der Waals surface area contributed by atoms with Gasteiger partial charge in [0.15, 0.2) is 5.76 Å². The van der Waals surface area contributed by atoms with E-state index in [0.717, 1.165) is 22.7 Å². The van der Waals surface area contributed by atoms with E-state index in [0.29, 0.717) is 16.9 Å². The monoisotopic (exact) mass is 365 g/mol. The first-order chi connectivity index (χ1) is 10.6. The van der Waals surface area contributed by atoms with Gasteiger partial charge >= 0.3 is 0 Å². The Morgan fingerprint density at radius 1 is 1.14 bits per heavy atom. The summed E-state index contributed by atoms with van der Waals surface area (Å²) in [7, 11) is 0. The first-order valence-corrected chi connectivity index (χ1v) is 7.20. The van der Waals surface area contributed by atoms with Gasteiger partial charge in [-0.15, -0.1) is 0 Å². The highest BCUT2D eigenvalue weighted by Gasteiger charge is 2.21. The molecule has 22 heavy (non-hydrogen) atoms. The van der Waals surface area contributed by atoms with Crippen molar-refractivity contribution in [3.63, 3.8) is 0 Å². The lowest BCUT2D eigenvalue weighted by Gasteiger charge is -2.03. The van der Waals surface area contributed by atoms with Crippen molar-refractivity contribution in [2.45, 2.75) is 6.61 Å². The molecule has 0 bridgehead atoms. The molecule has 0 unspecified atom stereocenters. The molecule has 112 valence electrons. The predicted octanol–water partition coefficient (Wildman–Crippen LogP) is 4.54. The van der Waals surface area contributed by atoms with Crippen LogP contribution in [0.1, 0.15) is 5.56 Å². The van der Waals surface area contributed by atoms with Gasteiger partial charge in [-0.1, -0.05) is 33.2 Å². The van der Waals surface area contributed by atoms with E-state index in [9.17, 15) is 13.9 Å². The molecule has 1 aromatic heterocycles. The average Bonchev–Trinajstić information content (AvgIpc) is 2.93. The van der Waals surface area contributed by atoms with E-state index in [2.05, 4.69) is 21.1 Å². The Labute approximate surface area is 133 Å². The summed E-state index contributed by atoms with van der Waals surface area (Å²) in [6.45, 7) is -0.406. The summed E-state index contributed by atoms with van der Waals surface area (Å²) in [5.41, 5.74) is 1.03. The molecule has 1 N–H and O–H groups in total. The minimum Gasteiger partial charge on any atom is -0.391 e. The van der Waals surface area contributed by atoms with Gasteiger partial charge in [0.05, 0.1) is 12.2 Å². The third kappa shape index (κ3) is 2.67. The normalized spacial score (nSPS) is 10.9. The van der Waals surface area contributed by atoms with E-state index in [1.54, 1.807) is 18.2 Å². The van der Waals surface area contributed by atoms with Gasteiger partial charge in [-0.05, 0) is 30.3 Å². The average molecular weight is 366 g/mol. The third-order valence-electron chi connectivity index (χ3n) is 3.22. The van der Waals surface area contributed by atoms with Crippen LogP contribution in [-0.2, 0) is 6.61 Å². The molecule has 3 aromatic rings. The van der Waals surface area contributed by atoms with E-state index in [4.69, 9.17) is 4.52 Å². The molecule has 0 saturated heterocycles. The molecule has 0 fully saturated rings. The molecule has 0 spiro atoms. The van der Waals surface area contributed by atoms with Gasteiger partial charge < -0.3 is 9.63 Å². The Balaban J connectivity index is 2.17. The summed E-state index contributed by atoms with van der Waals surface area (Å²) in [6.07, 6.45) is 0. The van der Waals surface area contributed by atoms with Crippen molar-refractivity contribution in [2.75, 3.05) is 0 Å². The second kappa shape index (κ2) is 5.98. The fourth-order valence-corrected chi connectivity index (χ4v) is 2.60. The summed E-state index contributed by atoms with van der Waals surface area (Å²) in [5, 5.41) is 13.4. The standard InChI is InChI=1S/C16H10BrF2NO2/c17-10-3-1-2-9(6-10)16-13(8-21)15(20-22-16)12-7-11(18)4-5-14(12)19/h1-7,21H,8H2. The molecule has 3 nitrogen and oxygen atoms in total. The molecular formula is C16H10BrF2NO2. The van der Waals surface area contributed by atoms with Crippen LogP contribution >= 0.6 is 15.9 Å². The van der Waals surface area contributed by atoms with Crippen LogP contribution in [0.2, 0.25) is 0 Å². The number of nitrogens with zero attached hydrogens (tertiary/aromatic N) is 1. The summed E-state index contributed by atoms with van der Waals surface area (Å²) in [5.74, 6) is -0.903. The van der Waals surface area contributed by atoms with Gasteiger partial charge in [0.25, 0.3) is 0 Å². The van der Waals surface area contributed by atoms with Crippen molar-refractivity contribution >= 4 is 15.9 Å². The van der Waals surface area contributed by atoms with Crippen molar-refractivity contribution in [3.8, 4) is 22.6 Å². The molecule has 0 aliphatic carbocycles. The minimum atomic E-state index is -0.634. The van der Waals surface area contributed by atoms with Gasteiger partial charge in [-0.3, -0.25) is 0 Å². The number of rotatable bonds is 3. The molecule has 0 atom stereocenters. The zero-order valence-corrected chi connectivity index (χ0v) is 12.8.